The molecule has 1 atom stereocenters. The van der Waals surface area contributed by atoms with Crippen LogP contribution in [0.2, 0.25) is 0 Å². The molecule has 10 nitrogen and oxygen atoms in total. The topological polar surface area (TPSA) is 175 Å². The third-order valence-electron chi connectivity index (χ3n) is 7.75. The highest BCUT2D eigenvalue weighted by Gasteiger charge is 2.34. The molecule has 3 aromatic rings. The molecule has 4 rings (SSSR count). The number of nitrogens with two attached hydrogens (primary N) is 3. The summed E-state index contributed by atoms with van der Waals surface area (Å²) in [6.45, 7) is 8.20. The minimum Gasteiger partial charge on any atom is -0.507 e. The van der Waals surface area contributed by atoms with Gasteiger partial charge in [-0.25, -0.2) is 4.99 Å². The van der Waals surface area contributed by atoms with Crippen molar-refractivity contribution in [2.75, 3.05) is 11.9 Å². The molecule has 2 amide bonds. The Balaban J connectivity index is 1.40. The summed E-state index contributed by atoms with van der Waals surface area (Å²) in [6, 6.07) is 12.2. The number of carbonyl (C=O) groups is 2. The Morgan fingerprint density at radius 1 is 1.07 bits per heavy atom. The first-order valence-electron chi connectivity index (χ1n) is 14.1. The largest absolute Gasteiger partial charge is 0.507 e. The minimum atomic E-state index is -0.513. The number of phenolic OH excluding ortho intramolecular Hbond substituents is 1. The van der Waals surface area contributed by atoms with E-state index in [-0.39, 0.29) is 18.3 Å². The molecule has 0 spiro atoms. The van der Waals surface area contributed by atoms with E-state index in [0.717, 1.165) is 46.4 Å². The summed E-state index contributed by atoms with van der Waals surface area (Å²) in [5, 5.41) is 13.3. The molecule has 1 aliphatic rings. The Morgan fingerprint density at radius 3 is 2.47 bits per heavy atom. The van der Waals surface area contributed by atoms with Gasteiger partial charge in [-0.05, 0) is 99.2 Å². The van der Waals surface area contributed by atoms with Gasteiger partial charge in [0.25, 0.3) is 0 Å². The second-order valence-corrected chi connectivity index (χ2v) is 11.1. The number of aliphatic imine (C=N–C) groups is 1. The molecule has 0 bridgehead atoms. The molecule has 0 aliphatic carbocycles. The van der Waals surface area contributed by atoms with Crippen LogP contribution in [0.15, 0.2) is 53.5 Å². The Kier molecular flexibility index (Phi) is 9.28. The maximum atomic E-state index is 12.6. The van der Waals surface area contributed by atoms with E-state index in [1.165, 1.54) is 6.08 Å². The first-order chi connectivity index (χ1) is 20.3. The van der Waals surface area contributed by atoms with Crippen molar-refractivity contribution in [3.05, 3.63) is 81.9 Å². The number of carbonyl (C=O) groups excluding carboxylic acids is 2. The predicted octanol–water partition coefficient (Wildman–Crippen LogP) is 4.45. The highest BCUT2D eigenvalue weighted by Crippen LogP contribution is 2.44. The normalized spacial score (nSPS) is 15.8. The number of nitrogens with one attached hydrogen (secondary N) is 1. The molecule has 226 valence electrons. The number of primary amides is 1. The van der Waals surface area contributed by atoms with Crippen molar-refractivity contribution in [3.63, 3.8) is 0 Å². The number of ether oxygens (including phenoxy) is 2. The zero-order valence-electron chi connectivity index (χ0n) is 25.0. The SMILES string of the molecule is Cc1c(C)c2c(c(C)c1O)CCC(C)(CCOc1ccc(NC(=O)/C=C/c3ccc(N=C(N)N)cc3)cc1CC(N)=O)O2. The number of phenols is 1. The average Bonchev–Trinajstić information content (AvgIpc) is 2.95. The monoisotopic (exact) mass is 585 g/mol. The molecular formula is C33H39N5O5. The standard InChI is InChI=1S/C33H39N5O5/c1-19-20(2)31-26(21(3)30(19)41)13-14-33(4,43-31)15-16-42-27-11-10-25(17-23(27)18-28(34)39)37-29(40)12-7-22-5-8-24(9-6-22)38-32(35)36/h5-12,17,41H,13-16,18H2,1-4H3,(H2,34,39)(H,37,40)(H4,35,36,38)/b12-7+. The van der Waals surface area contributed by atoms with Crippen LogP contribution in [-0.2, 0) is 22.4 Å². The lowest BCUT2D eigenvalue weighted by Crippen LogP contribution is -2.38. The Hall–Kier alpha value is -4.99. The van der Waals surface area contributed by atoms with Crippen LogP contribution < -0.4 is 32.0 Å². The molecule has 8 N–H and O–H groups in total. The van der Waals surface area contributed by atoms with E-state index >= 15 is 0 Å². The minimum absolute atomic E-state index is 0.0313. The first kappa shape index (κ1) is 31.0. The highest BCUT2D eigenvalue weighted by atomic mass is 16.5. The van der Waals surface area contributed by atoms with Crippen molar-refractivity contribution < 1.29 is 24.2 Å². The molecule has 0 radical (unpaired) electrons. The van der Waals surface area contributed by atoms with Gasteiger partial charge in [-0.2, -0.15) is 0 Å². The average molecular weight is 586 g/mol. The van der Waals surface area contributed by atoms with Gasteiger partial charge in [-0.15, -0.1) is 0 Å². The summed E-state index contributed by atoms with van der Waals surface area (Å²) in [4.78, 5) is 28.3. The van der Waals surface area contributed by atoms with Gasteiger partial charge in [-0.3, -0.25) is 9.59 Å². The first-order valence-corrected chi connectivity index (χ1v) is 14.1. The smallest absolute Gasteiger partial charge is 0.248 e. The summed E-state index contributed by atoms with van der Waals surface area (Å²) in [7, 11) is 0. The summed E-state index contributed by atoms with van der Waals surface area (Å²) in [6.07, 6.45) is 5.21. The predicted molar refractivity (Wildman–Crippen MR) is 169 cm³/mol. The quantitative estimate of drug-likeness (QED) is 0.133. The van der Waals surface area contributed by atoms with Crippen LogP contribution in [0.1, 0.15) is 53.1 Å². The number of rotatable bonds is 10. The van der Waals surface area contributed by atoms with Crippen LogP contribution in [-0.4, -0.2) is 35.1 Å². The molecule has 0 fully saturated rings. The van der Waals surface area contributed by atoms with Gasteiger partial charge in [0.05, 0.1) is 18.7 Å². The molecule has 0 saturated heterocycles. The fraction of sp³-hybridized carbons (Fsp3) is 0.303. The van der Waals surface area contributed by atoms with Crippen molar-refractivity contribution in [3.8, 4) is 17.2 Å². The van der Waals surface area contributed by atoms with Crippen LogP contribution in [0.25, 0.3) is 6.08 Å². The van der Waals surface area contributed by atoms with Crippen molar-refractivity contribution in [2.24, 2.45) is 22.2 Å². The fourth-order valence-electron chi connectivity index (χ4n) is 5.14. The molecule has 1 aliphatic heterocycles. The molecule has 1 heterocycles. The lowest BCUT2D eigenvalue weighted by molar-refractivity contribution is -0.117. The molecule has 0 aromatic heterocycles. The van der Waals surface area contributed by atoms with E-state index in [1.54, 1.807) is 48.5 Å². The number of nitrogens with zero attached hydrogens (tertiary/aromatic N) is 1. The molecule has 10 heteroatoms. The summed E-state index contributed by atoms with van der Waals surface area (Å²) in [5.74, 6) is 0.801. The lowest BCUT2D eigenvalue weighted by Gasteiger charge is -2.38. The number of anilines is 1. The number of aromatic hydroxyl groups is 1. The van der Waals surface area contributed by atoms with E-state index in [0.29, 0.717) is 41.5 Å². The van der Waals surface area contributed by atoms with Crippen LogP contribution in [0.4, 0.5) is 11.4 Å². The second-order valence-electron chi connectivity index (χ2n) is 11.1. The van der Waals surface area contributed by atoms with Gasteiger partial charge in [0.2, 0.25) is 11.8 Å². The zero-order chi connectivity index (χ0) is 31.3. The lowest BCUT2D eigenvalue weighted by atomic mass is 9.86. The van der Waals surface area contributed by atoms with Crippen molar-refractivity contribution >= 4 is 35.2 Å². The van der Waals surface area contributed by atoms with Gasteiger partial charge in [-0.1, -0.05) is 12.1 Å². The van der Waals surface area contributed by atoms with Gasteiger partial charge in [0.1, 0.15) is 22.8 Å². The number of benzene rings is 3. The van der Waals surface area contributed by atoms with E-state index in [9.17, 15) is 14.7 Å². The Bertz CT molecular complexity index is 1590. The second kappa shape index (κ2) is 12.9. The number of amides is 2. The van der Waals surface area contributed by atoms with E-state index in [4.69, 9.17) is 26.7 Å². The van der Waals surface area contributed by atoms with Crippen molar-refractivity contribution in [1.82, 2.24) is 0 Å². The van der Waals surface area contributed by atoms with Crippen molar-refractivity contribution in [1.29, 1.82) is 0 Å². The highest BCUT2D eigenvalue weighted by molar-refractivity contribution is 6.02. The maximum absolute atomic E-state index is 12.6. The molecule has 0 saturated carbocycles. The summed E-state index contributed by atoms with van der Waals surface area (Å²) in [5.41, 5.74) is 22.0. The number of fused-ring (bicyclic) bond motifs is 1. The number of hydrogen-bond acceptors (Lipinski definition) is 6. The molecular weight excluding hydrogens is 546 g/mol. The number of hydrogen-bond donors (Lipinski definition) is 5. The third-order valence-corrected chi connectivity index (χ3v) is 7.75. The summed E-state index contributed by atoms with van der Waals surface area (Å²) >= 11 is 0. The van der Waals surface area contributed by atoms with Crippen LogP contribution >= 0.6 is 0 Å². The number of guanidine groups is 1. The maximum Gasteiger partial charge on any atom is 0.248 e. The van der Waals surface area contributed by atoms with Crippen LogP contribution in [0.5, 0.6) is 17.2 Å². The third kappa shape index (κ3) is 7.65. The molecule has 43 heavy (non-hydrogen) atoms. The van der Waals surface area contributed by atoms with E-state index in [1.807, 2.05) is 20.8 Å². The van der Waals surface area contributed by atoms with Gasteiger partial charge >= 0.3 is 0 Å². The van der Waals surface area contributed by atoms with Gasteiger partial charge < -0.3 is 37.1 Å². The molecule has 3 aromatic carbocycles. The van der Waals surface area contributed by atoms with Crippen LogP contribution in [0, 0.1) is 20.8 Å². The van der Waals surface area contributed by atoms with E-state index in [2.05, 4.69) is 17.2 Å². The van der Waals surface area contributed by atoms with E-state index < -0.39 is 11.5 Å². The zero-order valence-corrected chi connectivity index (χ0v) is 25.0. The molecule has 1 unspecified atom stereocenters. The van der Waals surface area contributed by atoms with Crippen molar-refractivity contribution in [2.45, 2.75) is 59.0 Å². The Morgan fingerprint density at radius 2 is 1.79 bits per heavy atom. The van der Waals surface area contributed by atoms with Gasteiger partial charge in [0.15, 0.2) is 5.96 Å². The van der Waals surface area contributed by atoms with Crippen LogP contribution in [0.3, 0.4) is 0 Å². The summed E-state index contributed by atoms with van der Waals surface area (Å²) < 4.78 is 12.6. The van der Waals surface area contributed by atoms with Gasteiger partial charge in [0, 0.05) is 29.3 Å². The fourth-order valence-corrected chi connectivity index (χ4v) is 5.14. The Labute approximate surface area is 251 Å².